The molecule has 0 spiro atoms. The zero-order valence-electron chi connectivity index (χ0n) is 24.8. The quantitative estimate of drug-likeness (QED) is 0.189. The fraction of sp³-hybridized carbons (Fsp3) is 0.333. The van der Waals surface area contributed by atoms with Gasteiger partial charge in [-0.1, -0.05) is 60.7 Å². The van der Waals surface area contributed by atoms with E-state index in [0.717, 1.165) is 39.3 Å². The monoisotopic (exact) mass is 562 g/mol. The van der Waals surface area contributed by atoms with E-state index < -0.39 is 0 Å². The normalized spacial score (nSPS) is 14.0. The SMILES string of the molecule is Cc1c(-c2cccc(N3Cc4ccc(CNCCO)cc4C3)c2C)cccc1N1Cc2ccc(CNCCO)cc2C1. The molecule has 0 amide bonds. The Bertz CT molecular complexity index is 1450. The maximum atomic E-state index is 9.08. The third kappa shape index (κ3) is 5.81. The number of nitrogens with zero attached hydrogens (tertiary/aromatic N) is 2. The summed E-state index contributed by atoms with van der Waals surface area (Å²) >= 11 is 0. The molecule has 0 saturated carbocycles. The van der Waals surface area contributed by atoms with E-state index in [2.05, 4.69) is 107 Å². The molecule has 218 valence electrons. The van der Waals surface area contributed by atoms with Crippen molar-refractivity contribution in [3.05, 3.63) is 117 Å². The Morgan fingerprint density at radius 2 is 1.00 bits per heavy atom. The maximum absolute atomic E-state index is 9.08. The van der Waals surface area contributed by atoms with Crippen LogP contribution < -0.4 is 20.4 Å². The number of aliphatic hydroxyl groups is 2. The molecule has 2 heterocycles. The van der Waals surface area contributed by atoms with Gasteiger partial charge in [-0.25, -0.2) is 0 Å². The summed E-state index contributed by atoms with van der Waals surface area (Å²) in [7, 11) is 0. The van der Waals surface area contributed by atoms with Gasteiger partial charge in [0.25, 0.3) is 0 Å². The van der Waals surface area contributed by atoms with Crippen LogP contribution in [0.4, 0.5) is 11.4 Å². The summed E-state index contributed by atoms with van der Waals surface area (Å²) in [6, 6.07) is 27.0. The van der Waals surface area contributed by atoms with Crippen molar-refractivity contribution in [3.63, 3.8) is 0 Å². The van der Waals surface area contributed by atoms with E-state index in [0.29, 0.717) is 13.1 Å². The van der Waals surface area contributed by atoms with Crippen LogP contribution in [0.1, 0.15) is 44.5 Å². The number of anilines is 2. The van der Waals surface area contributed by atoms with E-state index in [9.17, 15) is 0 Å². The molecule has 4 aromatic rings. The van der Waals surface area contributed by atoms with Gasteiger partial charge in [-0.05, 0) is 81.6 Å². The molecule has 0 aromatic heterocycles. The predicted molar refractivity (Wildman–Crippen MR) is 172 cm³/mol. The Morgan fingerprint density at radius 3 is 1.43 bits per heavy atom. The van der Waals surface area contributed by atoms with E-state index in [1.165, 1.54) is 67.0 Å². The molecule has 0 atom stereocenters. The molecule has 0 aliphatic carbocycles. The highest BCUT2D eigenvalue weighted by molar-refractivity contribution is 5.80. The topological polar surface area (TPSA) is 71.0 Å². The molecular formula is C36H42N4O2. The second-order valence-electron chi connectivity index (χ2n) is 11.6. The Kier molecular flexibility index (Phi) is 8.58. The third-order valence-electron chi connectivity index (χ3n) is 8.80. The van der Waals surface area contributed by atoms with E-state index in [1.807, 2.05) is 0 Å². The first-order valence-corrected chi connectivity index (χ1v) is 15.1. The van der Waals surface area contributed by atoms with Crippen LogP contribution in [0, 0.1) is 13.8 Å². The van der Waals surface area contributed by atoms with Crippen molar-refractivity contribution in [2.45, 2.75) is 53.1 Å². The number of fused-ring (bicyclic) bond motifs is 2. The first kappa shape index (κ1) is 28.4. The van der Waals surface area contributed by atoms with Crippen LogP contribution in [0.2, 0.25) is 0 Å². The summed E-state index contributed by atoms with van der Waals surface area (Å²) in [6.45, 7) is 11.3. The lowest BCUT2D eigenvalue weighted by atomic mass is 9.94. The number of hydrogen-bond donors (Lipinski definition) is 4. The van der Waals surface area contributed by atoms with Gasteiger partial charge in [-0.15, -0.1) is 0 Å². The minimum Gasteiger partial charge on any atom is -0.395 e. The number of nitrogens with one attached hydrogen (secondary N) is 2. The fourth-order valence-corrected chi connectivity index (χ4v) is 6.60. The molecule has 2 aliphatic rings. The van der Waals surface area contributed by atoms with E-state index >= 15 is 0 Å². The molecule has 0 radical (unpaired) electrons. The van der Waals surface area contributed by atoms with Crippen molar-refractivity contribution in [1.29, 1.82) is 0 Å². The molecule has 4 N–H and O–H groups in total. The number of aliphatic hydroxyl groups excluding tert-OH is 2. The van der Waals surface area contributed by atoms with Crippen LogP contribution in [-0.2, 0) is 39.3 Å². The molecule has 6 nitrogen and oxygen atoms in total. The first-order chi connectivity index (χ1) is 20.6. The number of benzene rings is 4. The molecule has 6 heteroatoms. The van der Waals surface area contributed by atoms with Crippen LogP contribution in [0.15, 0.2) is 72.8 Å². The summed E-state index contributed by atoms with van der Waals surface area (Å²) in [5.41, 5.74) is 15.9. The molecule has 0 unspecified atom stereocenters. The van der Waals surface area contributed by atoms with Crippen LogP contribution in [0.25, 0.3) is 11.1 Å². The highest BCUT2D eigenvalue weighted by atomic mass is 16.3. The number of rotatable bonds is 11. The second kappa shape index (κ2) is 12.7. The van der Waals surface area contributed by atoms with Gasteiger partial charge in [0.1, 0.15) is 0 Å². The van der Waals surface area contributed by atoms with Gasteiger partial charge in [0.2, 0.25) is 0 Å². The van der Waals surface area contributed by atoms with E-state index in [4.69, 9.17) is 10.2 Å². The summed E-state index contributed by atoms with van der Waals surface area (Å²) in [4.78, 5) is 5.00. The van der Waals surface area contributed by atoms with Crippen molar-refractivity contribution >= 4 is 11.4 Å². The summed E-state index contributed by atoms with van der Waals surface area (Å²) < 4.78 is 0. The van der Waals surface area contributed by atoms with Crippen LogP contribution in [-0.4, -0.2) is 36.5 Å². The summed E-state index contributed by atoms with van der Waals surface area (Å²) in [5, 5.41) is 24.7. The largest absolute Gasteiger partial charge is 0.395 e. The van der Waals surface area contributed by atoms with Gasteiger partial charge in [0, 0.05) is 63.7 Å². The van der Waals surface area contributed by atoms with Crippen molar-refractivity contribution in [3.8, 4) is 11.1 Å². The Morgan fingerprint density at radius 1 is 0.571 bits per heavy atom. The van der Waals surface area contributed by atoms with Crippen molar-refractivity contribution in [2.75, 3.05) is 36.1 Å². The van der Waals surface area contributed by atoms with Crippen molar-refractivity contribution in [1.82, 2.24) is 10.6 Å². The summed E-state index contributed by atoms with van der Waals surface area (Å²) in [6.07, 6.45) is 0. The Balaban J connectivity index is 1.21. The Labute approximate surface area is 249 Å². The first-order valence-electron chi connectivity index (χ1n) is 15.1. The molecule has 42 heavy (non-hydrogen) atoms. The molecular weight excluding hydrogens is 520 g/mol. The smallest absolute Gasteiger partial charge is 0.0556 e. The van der Waals surface area contributed by atoms with Gasteiger partial charge in [-0.3, -0.25) is 0 Å². The second-order valence-corrected chi connectivity index (χ2v) is 11.6. The van der Waals surface area contributed by atoms with Gasteiger partial charge in [0.15, 0.2) is 0 Å². The number of hydrogen-bond acceptors (Lipinski definition) is 6. The predicted octanol–water partition coefficient (Wildman–Crippen LogP) is 5.17. The zero-order valence-corrected chi connectivity index (χ0v) is 24.8. The average Bonchev–Trinajstić information content (AvgIpc) is 3.61. The molecule has 4 aromatic carbocycles. The zero-order chi connectivity index (χ0) is 29.1. The highest BCUT2D eigenvalue weighted by Crippen LogP contribution is 2.40. The molecule has 6 rings (SSSR count). The van der Waals surface area contributed by atoms with E-state index in [-0.39, 0.29) is 13.2 Å². The fourth-order valence-electron chi connectivity index (χ4n) is 6.60. The standard InChI is InChI=1S/C36H42N4O2/c1-25-33(5-3-7-35(25)39-21-29-11-9-27(17-31(29)23-39)19-37-13-15-41)34-6-4-8-36(26(34)2)40-22-30-12-10-28(18-32(30)24-40)20-38-14-16-42/h3-12,17-18,37-38,41-42H,13-16,19-24H2,1-2H3. The maximum Gasteiger partial charge on any atom is 0.0556 e. The van der Waals surface area contributed by atoms with Crippen LogP contribution in [0.5, 0.6) is 0 Å². The van der Waals surface area contributed by atoms with Gasteiger partial charge in [-0.2, -0.15) is 0 Å². The van der Waals surface area contributed by atoms with Crippen molar-refractivity contribution < 1.29 is 10.2 Å². The molecule has 0 saturated heterocycles. The lowest BCUT2D eigenvalue weighted by Crippen LogP contribution is -2.17. The third-order valence-corrected chi connectivity index (χ3v) is 8.80. The van der Waals surface area contributed by atoms with Crippen LogP contribution in [0.3, 0.4) is 0 Å². The average molecular weight is 563 g/mol. The molecule has 0 bridgehead atoms. The summed E-state index contributed by atoms with van der Waals surface area (Å²) in [5.74, 6) is 0. The highest BCUT2D eigenvalue weighted by Gasteiger charge is 2.24. The van der Waals surface area contributed by atoms with Gasteiger partial charge < -0.3 is 30.6 Å². The lowest BCUT2D eigenvalue weighted by Gasteiger charge is -2.25. The molecule has 2 aliphatic heterocycles. The van der Waals surface area contributed by atoms with Gasteiger partial charge >= 0.3 is 0 Å². The van der Waals surface area contributed by atoms with Crippen LogP contribution >= 0.6 is 0 Å². The molecule has 0 fully saturated rings. The van der Waals surface area contributed by atoms with Crippen molar-refractivity contribution in [2.24, 2.45) is 0 Å². The minimum atomic E-state index is 0.161. The van der Waals surface area contributed by atoms with Gasteiger partial charge in [0.05, 0.1) is 13.2 Å². The lowest BCUT2D eigenvalue weighted by molar-refractivity contribution is 0.291. The van der Waals surface area contributed by atoms with E-state index in [1.54, 1.807) is 0 Å². The Hall–Kier alpha value is -3.68. The minimum absolute atomic E-state index is 0.161.